The lowest BCUT2D eigenvalue weighted by Crippen LogP contribution is -2.45. The molecule has 1 aromatic heterocycles. The van der Waals surface area contributed by atoms with Gasteiger partial charge < -0.3 is 10.1 Å². The molecule has 0 unspecified atom stereocenters. The minimum absolute atomic E-state index is 0.132. The Balaban J connectivity index is 1.56. The number of carbonyl (C=O) groups is 1. The summed E-state index contributed by atoms with van der Waals surface area (Å²) in [6.07, 6.45) is 2.68. The van der Waals surface area contributed by atoms with Crippen molar-refractivity contribution < 1.29 is 9.53 Å². The number of aromatic nitrogens is 2. The topological polar surface area (TPSA) is 67.4 Å². The van der Waals surface area contributed by atoms with Crippen LogP contribution >= 0.6 is 11.5 Å². The van der Waals surface area contributed by atoms with E-state index in [1.54, 1.807) is 5.38 Å². The molecule has 1 aromatic rings. The van der Waals surface area contributed by atoms with Crippen LogP contribution in [0.3, 0.4) is 0 Å². The van der Waals surface area contributed by atoms with Crippen LogP contribution in [0, 0.1) is 0 Å². The number of hydrogen-bond acceptors (Lipinski definition) is 6. The Morgan fingerprint density at radius 3 is 2.85 bits per heavy atom. The molecule has 6 nitrogen and oxygen atoms in total. The molecule has 1 N–H and O–H groups in total. The monoisotopic (exact) mass is 298 g/mol. The third-order valence-electron chi connectivity index (χ3n) is 3.27. The number of rotatable bonds is 6. The van der Waals surface area contributed by atoms with Crippen LogP contribution in [0.25, 0.3) is 0 Å². The van der Waals surface area contributed by atoms with Gasteiger partial charge in [-0.15, -0.1) is 5.10 Å². The lowest BCUT2D eigenvalue weighted by molar-refractivity contribution is -0.0681. The second-order valence-corrected chi connectivity index (χ2v) is 5.88. The third kappa shape index (κ3) is 4.81. The van der Waals surface area contributed by atoms with Crippen LogP contribution in [0.2, 0.25) is 0 Å². The molecule has 0 radical (unpaired) electrons. The van der Waals surface area contributed by atoms with Crippen LogP contribution in [-0.2, 0) is 4.74 Å². The molecule has 2 rings (SSSR count). The molecule has 0 saturated carbocycles. The van der Waals surface area contributed by atoms with Gasteiger partial charge in [0.2, 0.25) is 0 Å². The zero-order valence-electron chi connectivity index (χ0n) is 12.0. The highest BCUT2D eigenvalue weighted by Gasteiger charge is 2.21. The number of amides is 1. The predicted octanol–water partition coefficient (Wildman–Crippen LogP) is 1.16. The molecule has 1 saturated heterocycles. The van der Waals surface area contributed by atoms with E-state index in [0.717, 1.165) is 32.5 Å². The summed E-state index contributed by atoms with van der Waals surface area (Å²) >= 11 is 1.19. The summed E-state index contributed by atoms with van der Waals surface area (Å²) in [4.78, 5) is 14.1. The fraction of sp³-hybridized carbons (Fsp3) is 0.769. The second-order valence-electron chi connectivity index (χ2n) is 5.27. The quantitative estimate of drug-likeness (QED) is 0.798. The van der Waals surface area contributed by atoms with Crippen molar-refractivity contribution in [2.45, 2.75) is 38.9 Å². The molecule has 1 aliphatic rings. The minimum atomic E-state index is -0.132. The van der Waals surface area contributed by atoms with Gasteiger partial charge in [-0.05, 0) is 44.8 Å². The lowest BCUT2D eigenvalue weighted by atomic mass is 10.2. The number of carbonyl (C=O) groups excluding carboxylic acids is 1. The van der Waals surface area contributed by atoms with Crippen molar-refractivity contribution in [2.24, 2.45) is 0 Å². The normalized spacial score (nSPS) is 23.7. The summed E-state index contributed by atoms with van der Waals surface area (Å²) < 4.78 is 9.38. The molecule has 0 aliphatic carbocycles. The lowest BCUT2D eigenvalue weighted by Gasteiger charge is -2.35. The first-order valence-electron chi connectivity index (χ1n) is 7.08. The predicted molar refractivity (Wildman–Crippen MR) is 77.9 cm³/mol. The highest BCUT2D eigenvalue weighted by atomic mass is 32.1. The fourth-order valence-corrected chi connectivity index (χ4v) is 2.92. The summed E-state index contributed by atoms with van der Waals surface area (Å²) in [6.45, 7) is 7.98. The van der Waals surface area contributed by atoms with Crippen molar-refractivity contribution in [2.75, 3.05) is 26.2 Å². The molecular formula is C13H22N4O2S. The van der Waals surface area contributed by atoms with Crippen molar-refractivity contribution in [1.29, 1.82) is 0 Å². The van der Waals surface area contributed by atoms with Crippen LogP contribution in [0.1, 0.15) is 37.2 Å². The third-order valence-corrected chi connectivity index (χ3v) is 3.78. The first-order chi connectivity index (χ1) is 9.65. The Bertz CT molecular complexity index is 403. The van der Waals surface area contributed by atoms with Gasteiger partial charge in [0.05, 0.1) is 12.2 Å². The molecular weight excluding hydrogens is 276 g/mol. The van der Waals surface area contributed by atoms with E-state index in [0.29, 0.717) is 24.4 Å². The first kappa shape index (κ1) is 15.3. The van der Waals surface area contributed by atoms with Crippen molar-refractivity contribution in [3.63, 3.8) is 0 Å². The van der Waals surface area contributed by atoms with Crippen LogP contribution in [-0.4, -0.2) is 58.8 Å². The molecule has 20 heavy (non-hydrogen) atoms. The van der Waals surface area contributed by atoms with Gasteiger partial charge in [0.15, 0.2) is 5.69 Å². The molecule has 1 aliphatic heterocycles. The SMILES string of the molecule is C[C@H]1CN(CCCCNC(=O)c2csnn2)C[C@H](C)O1. The average Bonchev–Trinajstić information content (AvgIpc) is 2.90. The van der Waals surface area contributed by atoms with E-state index in [-0.39, 0.29) is 5.91 Å². The summed E-state index contributed by atoms with van der Waals surface area (Å²) in [5.41, 5.74) is 0.408. The summed E-state index contributed by atoms with van der Waals surface area (Å²) in [6, 6.07) is 0. The number of nitrogens with one attached hydrogen (secondary N) is 1. The molecule has 112 valence electrons. The van der Waals surface area contributed by atoms with Gasteiger partial charge in [-0.25, -0.2) is 0 Å². The molecule has 2 heterocycles. The zero-order valence-corrected chi connectivity index (χ0v) is 12.9. The van der Waals surface area contributed by atoms with Crippen LogP contribution in [0.4, 0.5) is 0 Å². The summed E-state index contributed by atoms with van der Waals surface area (Å²) in [5.74, 6) is -0.132. The Morgan fingerprint density at radius 1 is 1.45 bits per heavy atom. The van der Waals surface area contributed by atoms with E-state index < -0.39 is 0 Å². The van der Waals surface area contributed by atoms with Gasteiger partial charge in [-0.3, -0.25) is 9.69 Å². The van der Waals surface area contributed by atoms with E-state index in [9.17, 15) is 4.79 Å². The van der Waals surface area contributed by atoms with Gasteiger partial charge in [-0.1, -0.05) is 4.49 Å². The smallest absolute Gasteiger partial charge is 0.272 e. The maximum atomic E-state index is 11.6. The van der Waals surface area contributed by atoms with E-state index in [1.165, 1.54) is 11.5 Å². The van der Waals surface area contributed by atoms with Crippen LogP contribution in [0.15, 0.2) is 5.38 Å². The van der Waals surface area contributed by atoms with E-state index in [4.69, 9.17) is 4.74 Å². The standard InChI is InChI=1S/C13H22N4O2S/c1-10-7-17(8-11(2)19-10)6-4-3-5-14-13(18)12-9-20-16-15-12/h9-11H,3-8H2,1-2H3,(H,14,18)/t10-,11-/m0/s1. The van der Waals surface area contributed by atoms with Crippen molar-refractivity contribution in [3.05, 3.63) is 11.1 Å². The van der Waals surface area contributed by atoms with E-state index in [2.05, 4.69) is 33.7 Å². The Morgan fingerprint density at radius 2 is 2.20 bits per heavy atom. The van der Waals surface area contributed by atoms with Gasteiger partial charge in [0, 0.05) is 25.0 Å². The van der Waals surface area contributed by atoms with Crippen LogP contribution in [0.5, 0.6) is 0 Å². The number of ether oxygens (including phenoxy) is 1. The molecule has 0 bridgehead atoms. The number of unbranched alkanes of at least 4 members (excludes halogenated alkanes) is 1. The molecule has 1 amide bonds. The highest BCUT2D eigenvalue weighted by Crippen LogP contribution is 2.11. The minimum Gasteiger partial charge on any atom is -0.373 e. The van der Waals surface area contributed by atoms with E-state index >= 15 is 0 Å². The second kappa shape index (κ2) is 7.66. The van der Waals surface area contributed by atoms with Gasteiger partial charge in [0.1, 0.15) is 0 Å². The number of morpholine rings is 1. The van der Waals surface area contributed by atoms with Crippen molar-refractivity contribution in [3.8, 4) is 0 Å². The van der Waals surface area contributed by atoms with Crippen LogP contribution < -0.4 is 5.32 Å². The summed E-state index contributed by atoms with van der Waals surface area (Å²) in [5, 5.41) is 8.26. The molecule has 1 fully saturated rings. The molecule has 7 heteroatoms. The number of hydrogen-bond donors (Lipinski definition) is 1. The van der Waals surface area contributed by atoms with E-state index in [1.807, 2.05) is 0 Å². The zero-order chi connectivity index (χ0) is 14.4. The maximum Gasteiger partial charge on any atom is 0.272 e. The van der Waals surface area contributed by atoms with Crippen molar-refractivity contribution >= 4 is 17.4 Å². The van der Waals surface area contributed by atoms with Gasteiger partial charge in [-0.2, -0.15) is 0 Å². The summed E-state index contributed by atoms with van der Waals surface area (Å²) in [7, 11) is 0. The number of nitrogens with zero attached hydrogens (tertiary/aromatic N) is 3. The Hall–Kier alpha value is -1.05. The Kier molecular flexibility index (Phi) is 5.87. The largest absolute Gasteiger partial charge is 0.373 e. The average molecular weight is 298 g/mol. The fourth-order valence-electron chi connectivity index (χ4n) is 2.48. The molecule has 0 spiro atoms. The highest BCUT2D eigenvalue weighted by molar-refractivity contribution is 7.03. The molecule has 0 aromatic carbocycles. The first-order valence-corrected chi connectivity index (χ1v) is 7.92. The Labute approximate surface area is 123 Å². The maximum absolute atomic E-state index is 11.6. The van der Waals surface area contributed by atoms with Gasteiger partial charge >= 0.3 is 0 Å². The van der Waals surface area contributed by atoms with Crippen molar-refractivity contribution in [1.82, 2.24) is 19.8 Å². The molecule has 2 atom stereocenters. The van der Waals surface area contributed by atoms with Gasteiger partial charge in [0.25, 0.3) is 5.91 Å².